The van der Waals surface area contributed by atoms with E-state index in [4.69, 9.17) is 27.9 Å². The number of alkyl halides is 1. The molecule has 0 saturated carbocycles. The van der Waals surface area contributed by atoms with Crippen molar-refractivity contribution in [3.05, 3.63) is 144 Å². The van der Waals surface area contributed by atoms with Crippen LogP contribution in [0.4, 0.5) is 0 Å². The van der Waals surface area contributed by atoms with Crippen LogP contribution in [0.3, 0.4) is 0 Å². The lowest BCUT2D eigenvalue weighted by Crippen LogP contribution is -2.32. The van der Waals surface area contributed by atoms with Crippen LogP contribution in [-0.4, -0.2) is 37.0 Å². The van der Waals surface area contributed by atoms with Crippen molar-refractivity contribution in [2.45, 2.75) is 38.7 Å². The highest BCUT2D eigenvalue weighted by molar-refractivity contribution is 6.30. The summed E-state index contributed by atoms with van der Waals surface area (Å²) < 4.78 is 6.48. The van der Waals surface area contributed by atoms with Gasteiger partial charge in [0.1, 0.15) is 6.10 Å². The molecule has 0 N–H and O–H groups in total. The average molecular weight is 565 g/mol. The van der Waals surface area contributed by atoms with Crippen LogP contribution < -0.4 is 0 Å². The fraction of sp³-hybridized carbons (Fsp3) is 0.314. The van der Waals surface area contributed by atoms with Gasteiger partial charge in [-0.2, -0.15) is 0 Å². The summed E-state index contributed by atoms with van der Waals surface area (Å²) in [4.78, 5) is 2.52. The Morgan fingerprint density at radius 1 is 0.897 bits per heavy atom. The number of unbranched alkanes of at least 4 members (excludes halogenated alkanes) is 1. The lowest BCUT2D eigenvalue weighted by atomic mass is 10.00. The van der Waals surface area contributed by atoms with E-state index in [2.05, 4.69) is 55.7 Å². The molecular formula is C35H43Cl2NO. The van der Waals surface area contributed by atoms with Crippen LogP contribution in [0.15, 0.2) is 127 Å². The number of nitrogens with zero attached hydrogens (tertiary/aromatic N) is 1. The van der Waals surface area contributed by atoms with Crippen molar-refractivity contribution in [1.82, 2.24) is 4.90 Å². The molecule has 0 aromatic heterocycles. The quantitative estimate of drug-likeness (QED) is 0.135. The van der Waals surface area contributed by atoms with Crippen LogP contribution >= 0.6 is 23.2 Å². The summed E-state index contributed by atoms with van der Waals surface area (Å²) in [6.45, 7) is 12.0. The topological polar surface area (TPSA) is 12.5 Å². The van der Waals surface area contributed by atoms with E-state index in [0.717, 1.165) is 30.8 Å². The minimum Gasteiger partial charge on any atom is -0.367 e. The molecule has 0 bridgehead atoms. The van der Waals surface area contributed by atoms with E-state index in [1.54, 1.807) is 6.08 Å². The van der Waals surface area contributed by atoms with E-state index >= 15 is 0 Å². The van der Waals surface area contributed by atoms with E-state index < -0.39 is 0 Å². The predicted octanol–water partition coefficient (Wildman–Crippen LogP) is 9.90. The zero-order valence-corrected chi connectivity index (χ0v) is 24.9. The standard InChI is InChI=1S/C29H37Cl2NO.C6H6/c1-4-6-20-32(23-24(3)25-12-8-7-9-13-25)21-22-33-29(26(11-5-2)14-10-19-30)27-15-17-28(31)18-16-27;1-2-4-6-5-3-1/h5,7-18,24,29H,2,4,6,19-23H2,1,3H3;1-6H/b14-10-,26-11+;. The Balaban J connectivity index is 0.000000780. The first-order chi connectivity index (χ1) is 19.1. The second-order valence-electron chi connectivity index (χ2n) is 9.38. The maximum Gasteiger partial charge on any atom is 0.108 e. The Kier molecular flexibility index (Phi) is 17.0. The number of ether oxygens (including phenoxy) is 1. The summed E-state index contributed by atoms with van der Waals surface area (Å²) in [6, 6.07) is 30.6. The van der Waals surface area contributed by atoms with Crippen LogP contribution in [0.5, 0.6) is 0 Å². The molecule has 3 aromatic carbocycles. The third-order valence-electron chi connectivity index (χ3n) is 6.27. The third-order valence-corrected chi connectivity index (χ3v) is 6.70. The van der Waals surface area contributed by atoms with Crippen molar-refractivity contribution < 1.29 is 4.74 Å². The van der Waals surface area contributed by atoms with E-state index in [1.165, 1.54) is 18.4 Å². The second kappa shape index (κ2) is 20.3. The van der Waals surface area contributed by atoms with Gasteiger partial charge < -0.3 is 9.64 Å². The van der Waals surface area contributed by atoms with Crippen LogP contribution in [-0.2, 0) is 4.74 Å². The van der Waals surface area contributed by atoms with Gasteiger partial charge in [0.25, 0.3) is 0 Å². The molecule has 0 aliphatic carbocycles. The molecule has 0 aliphatic rings. The zero-order valence-electron chi connectivity index (χ0n) is 23.4. The van der Waals surface area contributed by atoms with Gasteiger partial charge in [-0.3, -0.25) is 0 Å². The summed E-state index contributed by atoms with van der Waals surface area (Å²) in [6.07, 6.45) is 9.87. The van der Waals surface area contributed by atoms with Crippen molar-refractivity contribution in [2.24, 2.45) is 0 Å². The van der Waals surface area contributed by atoms with Crippen LogP contribution in [0.2, 0.25) is 5.02 Å². The van der Waals surface area contributed by atoms with Crippen molar-refractivity contribution in [1.29, 1.82) is 0 Å². The fourth-order valence-corrected chi connectivity index (χ4v) is 4.42. The smallest absolute Gasteiger partial charge is 0.108 e. The molecule has 2 atom stereocenters. The van der Waals surface area contributed by atoms with Gasteiger partial charge in [0, 0.05) is 24.0 Å². The van der Waals surface area contributed by atoms with E-state index in [-0.39, 0.29) is 6.10 Å². The minimum absolute atomic E-state index is 0.209. The molecule has 4 heteroatoms. The van der Waals surface area contributed by atoms with Crippen molar-refractivity contribution in [3.63, 3.8) is 0 Å². The largest absolute Gasteiger partial charge is 0.367 e. The molecule has 2 unspecified atom stereocenters. The van der Waals surface area contributed by atoms with Gasteiger partial charge in [-0.25, -0.2) is 0 Å². The Bertz CT molecular complexity index is 1050. The van der Waals surface area contributed by atoms with E-state index in [0.29, 0.717) is 23.4 Å². The third kappa shape index (κ3) is 13.3. The van der Waals surface area contributed by atoms with E-state index in [9.17, 15) is 0 Å². The number of benzene rings is 3. The maximum atomic E-state index is 6.48. The summed E-state index contributed by atoms with van der Waals surface area (Å²) >= 11 is 12.0. The van der Waals surface area contributed by atoms with Crippen LogP contribution in [0, 0.1) is 0 Å². The summed E-state index contributed by atoms with van der Waals surface area (Å²) in [5.74, 6) is 0.919. The molecular weight excluding hydrogens is 521 g/mol. The zero-order chi connectivity index (χ0) is 28.1. The van der Waals surface area contributed by atoms with Crippen molar-refractivity contribution in [2.75, 3.05) is 32.1 Å². The van der Waals surface area contributed by atoms with Gasteiger partial charge in [0.05, 0.1) is 6.61 Å². The van der Waals surface area contributed by atoms with Gasteiger partial charge >= 0.3 is 0 Å². The van der Waals surface area contributed by atoms with E-state index in [1.807, 2.05) is 78.9 Å². The van der Waals surface area contributed by atoms with Crippen LogP contribution in [0.1, 0.15) is 49.8 Å². The van der Waals surface area contributed by atoms with Gasteiger partial charge in [0.2, 0.25) is 0 Å². The summed E-state index contributed by atoms with van der Waals surface area (Å²) in [5, 5.41) is 0.712. The SMILES string of the molecule is C=C/C=C(\C=C/CCl)C(OCCN(CCCC)CC(C)c1ccccc1)c1ccc(Cl)cc1.c1ccccc1. The molecule has 0 radical (unpaired) electrons. The first-order valence-electron chi connectivity index (χ1n) is 13.8. The highest BCUT2D eigenvalue weighted by atomic mass is 35.5. The lowest BCUT2D eigenvalue weighted by Gasteiger charge is -2.27. The molecule has 0 aliphatic heterocycles. The number of hydrogen-bond donors (Lipinski definition) is 0. The number of halogens is 2. The lowest BCUT2D eigenvalue weighted by molar-refractivity contribution is 0.0580. The first-order valence-corrected chi connectivity index (χ1v) is 14.7. The van der Waals surface area contributed by atoms with Gasteiger partial charge in [-0.05, 0) is 47.7 Å². The summed E-state index contributed by atoms with van der Waals surface area (Å²) in [7, 11) is 0. The number of allylic oxidation sites excluding steroid dienone is 3. The molecule has 0 spiro atoms. The summed E-state index contributed by atoms with van der Waals surface area (Å²) in [5.41, 5.74) is 3.46. The predicted molar refractivity (Wildman–Crippen MR) is 171 cm³/mol. The Labute approximate surface area is 246 Å². The molecule has 0 amide bonds. The molecule has 0 heterocycles. The maximum absolute atomic E-state index is 6.48. The normalized spacial score (nSPS) is 13.1. The highest BCUT2D eigenvalue weighted by Gasteiger charge is 2.17. The van der Waals surface area contributed by atoms with Crippen molar-refractivity contribution >= 4 is 23.2 Å². The van der Waals surface area contributed by atoms with Crippen LogP contribution in [0.25, 0.3) is 0 Å². The Morgan fingerprint density at radius 2 is 1.51 bits per heavy atom. The minimum atomic E-state index is -0.209. The average Bonchev–Trinajstić information content (AvgIpc) is 2.98. The molecule has 39 heavy (non-hydrogen) atoms. The molecule has 2 nitrogen and oxygen atoms in total. The molecule has 0 saturated heterocycles. The van der Waals surface area contributed by atoms with Gasteiger partial charge in [0.15, 0.2) is 0 Å². The number of rotatable bonds is 15. The molecule has 3 aromatic rings. The van der Waals surface area contributed by atoms with Gasteiger partial charge in [-0.15, -0.1) is 11.6 Å². The Morgan fingerprint density at radius 3 is 2.08 bits per heavy atom. The molecule has 208 valence electrons. The van der Waals surface area contributed by atoms with Crippen molar-refractivity contribution in [3.8, 4) is 0 Å². The monoisotopic (exact) mass is 563 g/mol. The Hall–Kier alpha value is -2.62. The first kappa shape index (κ1) is 32.6. The fourth-order valence-electron chi connectivity index (χ4n) is 4.20. The van der Waals surface area contributed by atoms with Gasteiger partial charge in [-0.1, -0.05) is 142 Å². The second-order valence-corrected chi connectivity index (χ2v) is 10.1. The highest BCUT2D eigenvalue weighted by Crippen LogP contribution is 2.28. The molecule has 3 rings (SSSR count). The number of hydrogen-bond acceptors (Lipinski definition) is 2. The molecule has 0 fully saturated rings.